The van der Waals surface area contributed by atoms with Crippen molar-refractivity contribution in [2.24, 2.45) is 12.1 Å². The molecule has 2 aromatic rings. The molecule has 0 aliphatic rings. The molecule has 1 heterocycles. The number of rotatable bonds is 3. The number of hydrogen-bond donors (Lipinski definition) is 2. The van der Waals surface area contributed by atoms with Gasteiger partial charge < -0.3 is 9.67 Å². The van der Waals surface area contributed by atoms with Crippen LogP contribution in [0.4, 0.5) is 5.69 Å². The molecule has 7 nitrogen and oxygen atoms in total. The number of imidazole rings is 1. The molecule has 7 heteroatoms. The van der Waals surface area contributed by atoms with Gasteiger partial charge in [-0.25, -0.2) is 4.98 Å². The normalized spacial score (nSPS) is 9.68. The smallest absolute Gasteiger partial charge is 0.237 e. The second-order valence-corrected chi connectivity index (χ2v) is 3.74. The monoisotopic (exact) mass is 254 g/mol. The molecule has 0 bridgehead atoms. The van der Waals surface area contributed by atoms with E-state index in [1.54, 1.807) is 28.8 Å². The highest BCUT2D eigenvalue weighted by Gasteiger charge is 2.07. The van der Waals surface area contributed by atoms with Crippen molar-refractivity contribution < 1.29 is 5.11 Å². The molecule has 0 unspecified atom stereocenters. The molecule has 19 heavy (non-hydrogen) atoms. The zero-order valence-corrected chi connectivity index (χ0v) is 10.1. The minimum atomic E-state index is -0.253. The van der Waals surface area contributed by atoms with Crippen LogP contribution < -0.4 is 5.43 Å². The van der Waals surface area contributed by atoms with Gasteiger partial charge in [0.25, 0.3) is 0 Å². The van der Waals surface area contributed by atoms with Crippen molar-refractivity contribution in [2.45, 2.75) is 6.61 Å². The zero-order valence-electron chi connectivity index (χ0n) is 10.1. The second kappa shape index (κ2) is 5.17. The molecule has 0 aliphatic carbocycles. The summed E-state index contributed by atoms with van der Waals surface area (Å²) in [5.74, 6) is 0.561. The second-order valence-electron chi connectivity index (χ2n) is 3.74. The van der Waals surface area contributed by atoms with E-state index in [4.69, 9.17) is 15.6 Å². The standard InChI is InChI=1S/C12H10N6O/c1-18-11-3-2-8(16-17-9(5-13)6-14)4-10(11)15-12(18)7-19/h2-4,16,19H,7H2,1H3. The first-order valence-electron chi connectivity index (χ1n) is 5.39. The van der Waals surface area contributed by atoms with Crippen molar-refractivity contribution >= 4 is 22.4 Å². The molecule has 0 saturated carbocycles. The molecule has 0 radical (unpaired) electrons. The summed E-state index contributed by atoms with van der Waals surface area (Å²) < 4.78 is 1.79. The third-order valence-electron chi connectivity index (χ3n) is 2.62. The van der Waals surface area contributed by atoms with Gasteiger partial charge in [-0.3, -0.25) is 5.43 Å². The van der Waals surface area contributed by atoms with E-state index >= 15 is 0 Å². The van der Waals surface area contributed by atoms with Crippen LogP contribution in [0.2, 0.25) is 0 Å². The van der Waals surface area contributed by atoms with Crippen LogP contribution in [0.1, 0.15) is 5.82 Å². The van der Waals surface area contributed by atoms with Crippen molar-refractivity contribution in [3.05, 3.63) is 24.0 Å². The Morgan fingerprint density at radius 2 is 2.21 bits per heavy atom. The van der Waals surface area contributed by atoms with Crippen LogP contribution in [0, 0.1) is 22.7 Å². The van der Waals surface area contributed by atoms with Crippen LogP contribution in [-0.2, 0) is 13.7 Å². The van der Waals surface area contributed by atoms with Gasteiger partial charge in [-0.2, -0.15) is 15.6 Å². The maximum atomic E-state index is 9.14. The molecular weight excluding hydrogens is 244 g/mol. The molecule has 0 aliphatic heterocycles. The Kier molecular flexibility index (Phi) is 3.42. The summed E-state index contributed by atoms with van der Waals surface area (Å²) in [5, 5.41) is 29.9. The predicted octanol–water partition coefficient (Wildman–Crippen LogP) is 0.881. The lowest BCUT2D eigenvalue weighted by Crippen LogP contribution is -1.97. The SMILES string of the molecule is Cn1c(CO)nc2cc(NN=C(C#N)C#N)ccc21. The summed E-state index contributed by atoms with van der Waals surface area (Å²) in [6.07, 6.45) is 0. The van der Waals surface area contributed by atoms with Gasteiger partial charge >= 0.3 is 0 Å². The van der Waals surface area contributed by atoms with Crippen LogP contribution in [0.15, 0.2) is 23.3 Å². The van der Waals surface area contributed by atoms with Crippen molar-refractivity contribution in [3.63, 3.8) is 0 Å². The van der Waals surface area contributed by atoms with E-state index in [2.05, 4.69) is 15.5 Å². The number of nitriles is 2. The van der Waals surface area contributed by atoms with E-state index in [0.29, 0.717) is 17.0 Å². The summed E-state index contributed by atoms with van der Waals surface area (Å²) in [4.78, 5) is 4.25. The maximum Gasteiger partial charge on any atom is 0.237 e. The van der Waals surface area contributed by atoms with Crippen LogP contribution in [0.5, 0.6) is 0 Å². The lowest BCUT2D eigenvalue weighted by molar-refractivity contribution is 0.268. The van der Waals surface area contributed by atoms with Crippen LogP contribution in [-0.4, -0.2) is 20.4 Å². The highest BCUT2D eigenvalue weighted by Crippen LogP contribution is 2.19. The van der Waals surface area contributed by atoms with Gasteiger partial charge in [0.2, 0.25) is 5.71 Å². The van der Waals surface area contributed by atoms with Crippen LogP contribution >= 0.6 is 0 Å². The first-order valence-corrected chi connectivity index (χ1v) is 5.39. The maximum absolute atomic E-state index is 9.14. The molecule has 0 atom stereocenters. The first-order chi connectivity index (χ1) is 9.19. The number of hydrogen-bond acceptors (Lipinski definition) is 6. The van der Waals surface area contributed by atoms with Crippen molar-refractivity contribution in [3.8, 4) is 12.1 Å². The molecule has 2 N–H and O–H groups in total. The van der Waals surface area contributed by atoms with Crippen LogP contribution in [0.3, 0.4) is 0 Å². The molecule has 1 aromatic carbocycles. The van der Waals surface area contributed by atoms with Crippen molar-refractivity contribution in [1.82, 2.24) is 9.55 Å². The Balaban J connectivity index is 2.36. The Morgan fingerprint density at radius 3 is 2.84 bits per heavy atom. The fourth-order valence-corrected chi connectivity index (χ4v) is 1.66. The molecule has 94 valence electrons. The highest BCUT2D eigenvalue weighted by atomic mass is 16.3. The van der Waals surface area contributed by atoms with Gasteiger partial charge in [0.15, 0.2) is 0 Å². The largest absolute Gasteiger partial charge is 0.388 e. The summed E-state index contributed by atoms with van der Waals surface area (Å²) >= 11 is 0. The van der Waals surface area contributed by atoms with E-state index < -0.39 is 0 Å². The molecular formula is C12H10N6O. The van der Waals surface area contributed by atoms with Crippen molar-refractivity contribution in [1.29, 1.82) is 10.5 Å². The number of nitrogens with zero attached hydrogens (tertiary/aromatic N) is 5. The van der Waals surface area contributed by atoms with Gasteiger partial charge in [-0.05, 0) is 18.2 Å². The molecule has 2 rings (SSSR count). The topological polar surface area (TPSA) is 110 Å². The number of aliphatic hydroxyl groups is 1. The highest BCUT2D eigenvalue weighted by molar-refractivity contribution is 6.10. The Hall–Kier alpha value is -2.90. The van der Waals surface area contributed by atoms with Gasteiger partial charge in [-0.1, -0.05) is 0 Å². The Bertz CT molecular complexity index is 715. The number of aliphatic hydroxyl groups excluding tert-OH is 1. The minimum absolute atomic E-state index is 0.140. The molecule has 0 spiro atoms. The van der Waals surface area contributed by atoms with Gasteiger partial charge in [-0.15, -0.1) is 0 Å². The zero-order chi connectivity index (χ0) is 13.8. The summed E-state index contributed by atoms with van der Waals surface area (Å²) in [6.45, 7) is -0.140. The van der Waals surface area contributed by atoms with E-state index in [-0.39, 0.29) is 12.3 Å². The number of aromatic nitrogens is 2. The van der Waals surface area contributed by atoms with Gasteiger partial charge in [0.1, 0.15) is 24.6 Å². The van der Waals surface area contributed by atoms with Crippen LogP contribution in [0.25, 0.3) is 11.0 Å². The van der Waals surface area contributed by atoms with Crippen molar-refractivity contribution in [2.75, 3.05) is 5.43 Å². The number of nitrogens with one attached hydrogen (secondary N) is 1. The average Bonchev–Trinajstić information content (AvgIpc) is 2.76. The van der Waals surface area contributed by atoms with E-state index in [1.807, 2.05) is 13.1 Å². The lowest BCUT2D eigenvalue weighted by atomic mass is 10.3. The number of anilines is 1. The third-order valence-corrected chi connectivity index (χ3v) is 2.62. The Morgan fingerprint density at radius 1 is 1.47 bits per heavy atom. The molecule has 1 aromatic heterocycles. The summed E-state index contributed by atoms with van der Waals surface area (Å²) in [5.41, 5.74) is 4.54. The lowest BCUT2D eigenvalue weighted by Gasteiger charge is -2.00. The third kappa shape index (κ3) is 2.37. The number of aryl methyl sites for hydroxylation is 1. The Labute approximate surface area is 109 Å². The average molecular weight is 254 g/mol. The number of benzene rings is 1. The van der Waals surface area contributed by atoms with Gasteiger partial charge in [0, 0.05) is 7.05 Å². The van der Waals surface area contributed by atoms with E-state index in [0.717, 1.165) is 5.52 Å². The number of hydrazone groups is 1. The minimum Gasteiger partial charge on any atom is -0.388 e. The first kappa shape index (κ1) is 12.6. The fourth-order valence-electron chi connectivity index (χ4n) is 1.66. The molecule has 0 amide bonds. The summed E-state index contributed by atoms with van der Waals surface area (Å²) in [7, 11) is 1.82. The van der Waals surface area contributed by atoms with E-state index in [1.165, 1.54) is 0 Å². The molecule has 0 saturated heterocycles. The molecule has 0 fully saturated rings. The predicted molar refractivity (Wildman–Crippen MR) is 68.9 cm³/mol. The quantitative estimate of drug-likeness (QED) is 0.624. The fraction of sp³-hybridized carbons (Fsp3) is 0.167. The number of fused-ring (bicyclic) bond motifs is 1. The van der Waals surface area contributed by atoms with E-state index in [9.17, 15) is 0 Å². The van der Waals surface area contributed by atoms with Gasteiger partial charge in [0.05, 0.1) is 16.7 Å². The summed E-state index contributed by atoms with van der Waals surface area (Å²) in [6, 6.07) is 8.60.